The first-order valence-corrected chi connectivity index (χ1v) is 6.65. The van der Waals surface area contributed by atoms with Crippen LogP contribution >= 0.6 is 0 Å². The second-order valence-electron chi connectivity index (χ2n) is 5.12. The number of ether oxygens (including phenoxy) is 3. The van der Waals surface area contributed by atoms with Crippen molar-refractivity contribution in [1.82, 2.24) is 5.01 Å². The number of carbonyl (C=O) groups is 2. The quantitative estimate of drug-likeness (QED) is 0.687. The highest BCUT2D eigenvalue weighted by Gasteiger charge is 2.69. The van der Waals surface area contributed by atoms with Crippen LogP contribution in [0.4, 0.5) is 4.79 Å². The lowest BCUT2D eigenvalue weighted by molar-refractivity contribution is -0.156. The van der Waals surface area contributed by atoms with Gasteiger partial charge in [-0.25, -0.2) is 4.79 Å². The molecule has 2 saturated heterocycles. The van der Waals surface area contributed by atoms with Crippen molar-refractivity contribution in [2.45, 2.75) is 50.2 Å². The van der Waals surface area contributed by atoms with Crippen LogP contribution in [0.25, 0.3) is 0 Å². The zero-order valence-corrected chi connectivity index (χ0v) is 11.6. The molecule has 0 aromatic carbocycles. The Hall–Kier alpha value is -2.21. The Balaban J connectivity index is 1.82. The number of amides is 1. The molecule has 3 aliphatic rings. The fourth-order valence-corrected chi connectivity index (χ4v) is 3.16. The van der Waals surface area contributed by atoms with Crippen molar-refractivity contribution in [3.63, 3.8) is 0 Å². The number of nitriles is 1. The summed E-state index contributed by atoms with van der Waals surface area (Å²) in [5.74, 6) is -0.554. The average molecular weight is 294 g/mol. The third-order valence-electron chi connectivity index (χ3n) is 3.86. The van der Waals surface area contributed by atoms with E-state index in [0.717, 1.165) is 5.01 Å². The van der Waals surface area contributed by atoms with Crippen LogP contribution in [0.3, 0.4) is 0 Å². The van der Waals surface area contributed by atoms with E-state index in [0.29, 0.717) is 0 Å². The minimum atomic E-state index is -1.36. The molecule has 21 heavy (non-hydrogen) atoms. The summed E-state index contributed by atoms with van der Waals surface area (Å²) in [6.07, 6.45) is -1.58. The van der Waals surface area contributed by atoms with Gasteiger partial charge in [0.25, 0.3) is 0 Å². The molecule has 0 aliphatic carbocycles. The maximum Gasteiger partial charge on any atom is 0.432 e. The Kier molecular flexibility index (Phi) is 3.06. The third kappa shape index (κ3) is 1.86. The van der Waals surface area contributed by atoms with Crippen LogP contribution in [0.1, 0.15) is 20.3 Å². The fourth-order valence-electron chi connectivity index (χ4n) is 3.16. The molecule has 0 radical (unpaired) electrons. The Morgan fingerprint density at radius 1 is 1.57 bits per heavy atom. The maximum atomic E-state index is 11.8. The first kappa shape index (κ1) is 13.8. The maximum absolute atomic E-state index is 11.8. The predicted octanol–water partition coefficient (Wildman–Crippen LogP) is 0.559. The van der Waals surface area contributed by atoms with Crippen molar-refractivity contribution >= 4 is 12.1 Å². The van der Waals surface area contributed by atoms with Crippen LogP contribution in [0.5, 0.6) is 0 Å². The topological polar surface area (TPSA) is 114 Å². The summed E-state index contributed by atoms with van der Waals surface area (Å²) < 4.78 is 15.8. The second-order valence-corrected chi connectivity index (χ2v) is 5.12. The molecule has 9 nitrogen and oxygen atoms in total. The molecule has 0 aromatic rings. The molecule has 2 fully saturated rings. The average Bonchev–Trinajstić information content (AvgIpc) is 3.07. The number of fused-ring (bicyclic) bond motifs is 5. The molecule has 0 spiro atoms. The molecule has 3 unspecified atom stereocenters. The van der Waals surface area contributed by atoms with Crippen LogP contribution in [0, 0.1) is 11.3 Å². The normalized spacial score (nSPS) is 39.0. The van der Waals surface area contributed by atoms with E-state index >= 15 is 0 Å². The van der Waals surface area contributed by atoms with Crippen molar-refractivity contribution in [3.05, 3.63) is 0 Å². The lowest BCUT2D eigenvalue weighted by atomic mass is 9.80. The Bertz CT molecular complexity index is 558. The van der Waals surface area contributed by atoms with E-state index < -0.39 is 42.0 Å². The summed E-state index contributed by atoms with van der Waals surface area (Å²) in [4.78, 5) is 23.0. The van der Waals surface area contributed by atoms with E-state index in [2.05, 4.69) is 10.3 Å². The van der Waals surface area contributed by atoms with Gasteiger partial charge in [-0.2, -0.15) is 15.4 Å². The van der Waals surface area contributed by atoms with Gasteiger partial charge in [0.05, 0.1) is 12.7 Å². The molecule has 3 aliphatic heterocycles. The molecule has 112 valence electrons. The fraction of sp³-hybridized carbons (Fsp3) is 0.750. The van der Waals surface area contributed by atoms with Crippen LogP contribution in [-0.4, -0.2) is 53.6 Å². The van der Waals surface area contributed by atoms with Crippen molar-refractivity contribution in [2.75, 3.05) is 6.61 Å². The van der Waals surface area contributed by atoms with Crippen molar-refractivity contribution < 1.29 is 23.8 Å². The standard InChI is InChI=1S/C12H14N4O5/c1-3-19-11(18)16-9-7-4-12(5-13,21-6(2)17)10(20-7)8(9)14-15-16/h7-10H,3-4H2,1-2H3/t7?,8?,9-,10?,12+/m1/s1. The molecule has 2 bridgehead atoms. The minimum Gasteiger partial charge on any atom is -0.448 e. The molecule has 1 amide bonds. The molecule has 0 aromatic heterocycles. The van der Waals surface area contributed by atoms with Gasteiger partial charge in [0.1, 0.15) is 24.3 Å². The zero-order chi connectivity index (χ0) is 15.2. The van der Waals surface area contributed by atoms with E-state index in [4.69, 9.17) is 14.2 Å². The van der Waals surface area contributed by atoms with Gasteiger partial charge < -0.3 is 14.2 Å². The van der Waals surface area contributed by atoms with E-state index in [9.17, 15) is 14.9 Å². The van der Waals surface area contributed by atoms with Crippen molar-refractivity contribution in [3.8, 4) is 6.07 Å². The van der Waals surface area contributed by atoms with E-state index in [1.807, 2.05) is 6.07 Å². The molecule has 3 rings (SSSR count). The molecular formula is C12H14N4O5. The summed E-state index contributed by atoms with van der Waals surface area (Å²) in [5.41, 5.74) is -1.36. The largest absolute Gasteiger partial charge is 0.448 e. The lowest BCUT2D eigenvalue weighted by Gasteiger charge is -2.33. The molecular weight excluding hydrogens is 280 g/mol. The summed E-state index contributed by atoms with van der Waals surface area (Å²) >= 11 is 0. The number of nitrogens with zero attached hydrogens (tertiary/aromatic N) is 4. The lowest BCUT2D eigenvalue weighted by Crippen LogP contribution is -2.55. The summed E-state index contributed by atoms with van der Waals surface area (Å²) in [6.45, 7) is 3.16. The predicted molar refractivity (Wildman–Crippen MR) is 64.7 cm³/mol. The number of hydrogen-bond donors (Lipinski definition) is 0. The zero-order valence-electron chi connectivity index (χ0n) is 11.6. The number of carbonyl (C=O) groups excluding carboxylic acids is 2. The molecule has 9 heteroatoms. The van der Waals surface area contributed by atoms with Crippen molar-refractivity contribution in [2.24, 2.45) is 10.3 Å². The Morgan fingerprint density at radius 3 is 2.95 bits per heavy atom. The Labute approximate surface area is 120 Å². The van der Waals surface area contributed by atoms with Crippen LogP contribution in [0.15, 0.2) is 10.3 Å². The van der Waals surface area contributed by atoms with Crippen molar-refractivity contribution in [1.29, 1.82) is 5.26 Å². The summed E-state index contributed by atoms with van der Waals surface area (Å²) in [6, 6.07) is 1.09. The smallest absolute Gasteiger partial charge is 0.432 e. The van der Waals surface area contributed by atoms with Gasteiger partial charge in [-0.15, -0.1) is 0 Å². The summed E-state index contributed by atoms with van der Waals surface area (Å²) in [5, 5.41) is 18.3. The minimum absolute atomic E-state index is 0.190. The van der Waals surface area contributed by atoms with Gasteiger partial charge in [0, 0.05) is 13.3 Å². The number of rotatable bonds is 2. The van der Waals surface area contributed by atoms with E-state index in [1.54, 1.807) is 6.92 Å². The highest BCUT2D eigenvalue weighted by Crippen LogP contribution is 2.49. The van der Waals surface area contributed by atoms with Crippen LogP contribution in [0.2, 0.25) is 0 Å². The molecule has 0 N–H and O–H groups in total. The van der Waals surface area contributed by atoms with Gasteiger partial charge in [0.2, 0.25) is 5.60 Å². The summed E-state index contributed by atoms with van der Waals surface area (Å²) in [7, 11) is 0. The van der Waals surface area contributed by atoms with Gasteiger partial charge in [-0.05, 0) is 6.92 Å². The van der Waals surface area contributed by atoms with E-state index in [-0.39, 0.29) is 13.0 Å². The molecule has 5 atom stereocenters. The van der Waals surface area contributed by atoms with Crippen LogP contribution in [-0.2, 0) is 19.0 Å². The highest BCUT2D eigenvalue weighted by molar-refractivity contribution is 5.69. The van der Waals surface area contributed by atoms with E-state index in [1.165, 1.54) is 6.92 Å². The molecule has 0 saturated carbocycles. The van der Waals surface area contributed by atoms with Gasteiger partial charge in [-0.3, -0.25) is 4.79 Å². The van der Waals surface area contributed by atoms with Gasteiger partial charge in [-0.1, -0.05) is 5.22 Å². The van der Waals surface area contributed by atoms with Crippen LogP contribution < -0.4 is 0 Å². The SMILES string of the molecule is CCOC(=O)N1N=NC2C3OC(C[C@@]3(C#N)OC(C)=O)[C@H]21. The highest BCUT2D eigenvalue weighted by atomic mass is 16.6. The van der Waals surface area contributed by atoms with Gasteiger partial charge >= 0.3 is 12.1 Å². The van der Waals surface area contributed by atoms with Gasteiger partial charge in [0.15, 0.2) is 0 Å². The first-order chi connectivity index (χ1) is 10.0. The number of hydrogen-bond acceptors (Lipinski definition) is 8. The number of esters is 1. The third-order valence-corrected chi connectivity index (χ3v) is 3.86. The monoisotopic (exact) mass is 294 g/mol. The second kappa shape index (κ2) is 4.66. The Morgan fingerprint density at radius 2 is 2.33 bits per heavy atom. The first-order valence-electron chi connectivity index (χ1n) is 6.65. The molecule has 3 heterocycles.